The first-order chi connectivity index (χ1) is 16.7. The van der Waals surface area contributed by atoms with Crippen LogP contribution in [0.3, 0.4) is 0 Å². The van der Waals surface area contributed by atoms with Gasteiger partial charge in [0, 0.05) is 43.1 Å². The molecular weight excluding hydrogens is 430 g/mol. The number of piperidine rings is 1. The van der Waals surface area contributed by atoms with Crippen LogP contribution in [0, 0.1) is 0 Å². The Labute approximate surface area is 199 Å². The van der Waals surface area contributed by atoms with Gasteiger partial charge in [0.15, 0.2) is 5.65 Å². The van der Waals surface area contributed by atoms with Gasteiger partial charge in [-0.1, -0.05) is 19.3 Å². The van der Waals surface area contributed by atoms with Gasteiger partial charge < -0.3 is 20.6 Å². The van der Waals surface area contributed by atoms with Gasteiger partial charge in [-0.25, -0.2) is 9.67 Å². The Balaban J connectivity index is 1.20. The SMILES string of the molecule is O=C(NC1CCN(CCO)CC1)c1ccc(Nc2ncc3cnn(C4CCCCC4)c3n2)cc1. The number of aromatic nitrogens is 4. The summed E-state index contributed by atoms with van der Waals surface area (Å²) in [5.41, 5.74) is 2.33. The number of hydrogen-bond acceptors (Lipinski definition) is 7. The summed E-state index contributed by atoms with van der Waals surface area (Å²) in [6.45, 7) is 2.69. The van der Waals surface area contributed by atoms with Crippen LogP contribution in [0.15, 0.2) is 36.7 Å². The minimum absolute atomic E-state index is 0.0544. The van der Waals surface area contributed by atoms with Crippen LogP contribution in [0.5, 0.6) is 0 Å². The average Bonchev–Trinajstić information content (AvgIpc) is 3.30. The van der Waals surface area contributed by atoms with Gasteiger partial charge in [-0.15, -0.1) is 0 Å². The van der Waals surface area contributed by atoms with Crippen LogP contribution in [-0.4, -0.2) is 67.9 Å². The number of amides is 1. The van der Waals surface area contributed by atoms with E-state index in [0.29, 0.717) is 24.1 Å². The molecule has 34 heavy (non-hydrogen) atoms. The number of β-amino-alcohol motifs (C(OH)–C–C–N with tert-alkyl or cyclic N) is 1. The van der Waals surface area contributed by atoms with Gasteiger partial charge in [-0.05, 0) is 49.9 Å². The predicted octanol–water partition coefficient (Wildman–Crippen LogP) is 3.26. The third kappa shape index (κ3) is 5.20. The van der Waals surface area contributed by atoms with E-state index in [1.807, 2.05) is 36.7 Å². The lowest BCUT2D eigenvalue weighted by Gasteiger charge is -2.31. The van der Waals surface area contributed by atoms with E-state index in [9.17, 15) is 4.79 Å². The Morgan fingerprint density at radius 3 is 2.53 bits per heavy atom. The van der Waals surface area contributed by atoms with Crippen molar-refractivity contribution in [3.63, 3.8) is 0 Å². The van der Waals surface area contributed by atoms with E-state index < -0.39 is 0 Å². The standard InChI is InChI=1S/C25H33N7O2/c33-15-14-31-12-10-21(11-13-31)28-24(34)18-6-8-20(9-7-18)29-25-26-16-19-17-27-32(23(19)30-25)22-4-2-1-3-5-22/h6-9,16-17,21-22,33H,1-5,10-15H2,(H,28,34)(H,26,29,30). The lowest BCUT2D eigenvalue weighted by atomic mass is 9.96. The summed E-state index contributed by atoms with van der Waals surface area (Å²) in [7, 11) is 0. The fourth-order valence-electron chi connectivity index (χ4n) is 5.03. The van der Waals surface area contributed by atoms with Gasteiger partial charge in [-0.3, -0.25) is 4.79 Å². The number of likely N-dealkylation sites (tertiary alicyclic amines) is 1. The molecule has 2 fully saturated rings. The van der Waals surface area contributed by atoms with Crippen molar-refractivity contribution < 1.29 is 9.90 Å². The van der Waals surface area contributed by atoms with Gasteiger partial charge in [0.2, 0.25) is 5.95 Å². The summed E-state index contributed by atoms with van der Waals surface area (Å²) < 4.78 is 2.06. The molecule has 1 saturated heterocycles. The molecule has 0 atom stereocenters. The minimum atomic E-state index is -0.0544. The van der Waals surface area contributed by atoms with Gasteiger partial charge in [-0.2, -0.15) is 10.1 Å². The van der Waals surface area contributed by atoms with Crippen molar-refractivity contribution in [3.05, 3.63) is 42.2 Å². The highest BCUT2D eigenvalue weighted by Gasteiger charge is 2.21. The molecule has 2 aromatic heterocycles. The molecule has 2 aliphatic rings. The second-order valence-corrected chi connectivity index (χ2v) is 9.37. The minimum Gasteiger partial charge on any atom is -0.395 e. The molecule has 1 aromatic carbocycles. The van der Waals surface area contributed by atoms with E-state index in [1.165, 1.54) is 19.3 Å². The molecule has 1 amide bonds. The zero-order valence-electron chi connectivity index (χ0n) is 19.5. The Morgan fingerprint density at radius 2 is 1.79 bits per heavy atom. The highest BCUT2D eigenvalue weighted by atomic mass is 16.3. The number of carbonyl (C=O) groups excluding carboxylic acids is 1. The number of benzene rings is 1. The molecule has 9 nitrogen and oxygen atoms in total. The molecule has 0 bridgehead atoms. The fourth-order valence-corrected chi connectivity index (χ4v) is 5.03. The molecule has 180 valence electrons. The highest BCUT2D eigenvalue weighted by molar-refractivity contribution is 5.94. The van der Waals surface area contributed by atoms with Crippen LogP contribution in [0.25, 0.3) is 11.0 Å². The number of rotatable bonds is 7. The van der Waals surface area contributed by atoms with Crippen molar-refractivity contribution >= 4 is 28.6 Å². The number of aliphatic hydroxyl groups excluding tert-OH is 1. The van der Waals surface area contributed by atoms with Crippen LogP contribution >= 0.6 is 0 Å². The maximum absolute atomic E-state index is 12.7. The zero-order chi connectivity index (χ0) is 23.3. The van der Waals surface area contributed by atoms with E-state index in [1.54, 1.807) is 0 Å². The second-order valence-electron chi connectivity index (χ2n) is 9.37. The molecule has 1 aliphatic heterocycles. The summed E-state index contributed by atoms with van der Waals surface area (Å²) in [6.07, 6.45) is 11.5. The van der Waals surface area contributed by atoms with Crippen LogP contribution in [0.2, 0.25) is 0 Å². The van der Waals surface area contributed by atoms with Gasteiger partial charge in [0.25, 0.3) is 5.91 Å². The number of nitrogens with one attached hydrogen (secondary N) is 2. The predicted molar refractivity (Wildman–Crippen MR) is 131 cm³/mol. The summed E-state index contributed by atoms with van der Waals surface area (Å²) >= 11 is 0. The van der Waals surface area contributed by atoms with E-state index in [-0.39, 0.29) is 18.6 Å². The van der Waals surface area contributed by atoms with E-state index in [4.69, 9.17) is 10.1 Å². The third-order valence-electron chi connectivity index (χ3n) is 7.00. The normalized spacial score (nSPS) is 18.3. The quantitative estimate of drug-likeness (QED) is 0.493. The lowest BCUT2D eigenvalue weighted by Crippen LogP contribution is -2.45. The van der Waals surface area contributed by atoms with E-state index in [2.05, 4.69) is 30.3 Å². The Kier molecular flexibility index (Phi) is 7.01. The molecule has 3 N–H and O–H groups in total. The van der Waals surface area contributed by atoms with Crippen molar-refractivity contribution in [1.29, 1.82) is 0 Å². The molecule has 0 unspecified atom stereocenters. The van der Waals surface area contributed by atoms with Gasteiger partial charge >= 0.3 is 0 Å². The molecule has 1 aliphatic carbocycles. The maximum Gasteiger partial charge on any atom is 0.251 e. The van der Waals surface area contributed by atoms with Crippen molar-refractivity contribution in [1.82, 2.24) is 30.0 Å². The molecule has 3 heterocycles. The van der Waals surface area contributed by atoms with Gasteiger partial charge in [0.05, 0.1) is 24.2 Å². The zero-order valence-corrected chi connectivity index (χ0v) is 19.5. The average molecular weight is 464 g/mol. The smallest absolute Gasteiger partial charge is 0.251 e. The van der Waals surface area contributed by atoms with Crippen LogP contribution < -0.4 is 10.6 Å². The molecule has 0 spiro atoms. The number of anilines is 2. The lowest BCUT2D eigenvalue weighted by molar-refractivity contribution is 0.0903. The fraction of sp³-hybridized carbons (Fsp3) is 0.520. The first-order valence-electron chi connectivity index (χ1n) is 12.4. The second kappa shape index (κ2) is 10.5. The number of carbonyl (C=O) groups is 1. The molecular formula is C25H33N7O2. The van der Waals surface area contributed by atoms with E-state index in [0.717, 1.165) is 55.5 Å². The Morgan fingerprint density at radius 1 is 1.03 bits per heavy atom. The number of nitrogens with zero attached hydrogens (tertiary/aromatic N) is 5. The largest absolute Gasteiger partial charge is 0.395 e. The van der Waals surface area contributed by atoms with Crippen molar-refractivity contribution in [2.75, 3.05) is 31.6 Å². The first kappa shape index (κ1) is 22.7. The van der Waals surface area contributed by atoms with E-state index >= 15 is 0 Å². The van der Waals surface area contributed by atoms with Crippen molar-refractivity contribution in [2.24, 2.45) is 0 Å². The number of fused-ring (bicyclic) bond motifs is 1. The van der Waals surface area contributed by atoms with Crippen molar-refractivity contribution in [3.8, 4) is 0 Å². The van der Waals surface area contributed by atoms with Crippen LogP contribution in [0.4, 0.5) is 11.6 Å². The summed E-state index contributed by atoms with van der Waals surface area (Å²) in [5.74, 6) is 0.470. The molecule has 9 heteroatoms. The monoisotopic (exact) mass is 463 g/mol. The van der Waals surface area contributed by atoms with Gasteiger partial charge in [0.1, 0.15) is 0 Å². The third-order valence-corrected chi connectivity index (χ3v) is 7.00. The summed E-state index contributed by atoms with van der Waals surface area (Å²) in [4.78, 5) is 24.1. The molecule has 0 radical (unpaired) electrons. The van der Waals surface area contributed by atoms with Crippen LogP contribution in [0.1, 0.15) is 61.3 Å². The van der Waals surface area contributed by atoms with Crippen molar-refractivity contribution in [2.45, 2.75) is 57.0 Å². The summed E-state index contributed by atoms with van der Waals surface area (Å²) in [6, 6.07) is 7.99. The molecule has 1 saturated carbocycles. The highest BCUT2D eigenvalue weighted by Crippen LogP contribution is 2.30. The molecule has 3 aromatic rings. The summed E-state index contributed by atoms with van der Waals surface area (Å²) in [5, 5.41) is 21.0. The first-order valence-corrected chi connectivity index (χ1v) is 12.4. The Hall–Kier alpha value is -3.04. The topological polar surface area (TPSA) is 108 Å². The maximum atomic E-state index is 12.7. The number of hydrogen-bond donors (Lipinski definition) is 3. The van der Waals surface area contributed by atoms with Crippen LogP contribution in [-0.2, 0) is 0 Å². The number of aliphatic hydroxyl groups is 1. The molecule has 5 rings (SSSR count). The Bertz CT molecular complexity index is 1100.